The minimum Gasteiger partial charge on any atom is -0.478 e. The van der Waals surface area contributed by atoms with E-state index in [4.69, 9.17) is 9.84 Å². The Hall–Kier alpha value is -1.69. The van der Waals surface area contributed by atoms with E-state index < -0.39 is 11.8 Å². The molecule has 0 spiro atoms. The normalized spacial score (nSPS) is 16.5. The summed E-state index contributed by atoms with van der Waals surface area (Å²) in [5.41, 5.74) is -0.362. The van der Waals surface area contributed by atoms with Crippen LogP contribution in [-0.2, 0) is 4.74 Å². The van der Waals surface area contributed by atoms with Gasteiger partial charge in [0, 0.05) is 26.0 Å². The molecule has 0 aromatic carbocycles. The number of hydrogen-bond donors (Lipinski definition) is 2. The Balaban J connectivity index is 2.00. The molecule has 0 saturated carbocycles. The molecule has 2 rings (SSSR count). The van der Waals surface area contributed by atoms with E-state index in [-0.39, 0.29) is 11.4 Å². The van der Waals surface area contributed by atoms with E-state index in [1.807, 2.05) is 0 Å². The van der Waals surface area contributed by atoms with Crippen molar-refractivity contribution in [3.8, 4) is 0 Å². The first kappa shape index (κ1) is 12.8. The molecular weight excluding hydrogens is 239 g/mol. The first-order chi connectivity index (χ1) is 8.68. The molecule has 1 aromatic rings. The number of aromatic nitrogens is 1. The van der Waals surface area contributed by atoms with Crippen molar-refractivity contribution in [1.29, 1.82) is 0 Å². The second kappa shape index (κ2) is 5.77. The van der Waals surface area contributed by atoms with Gasteiger partial charge in [-0.2, -0.15) is 0 Å². The van der Waals surface area contributed by atoms with Gasteiger partial charge in [0.15, 0.2) is 11.6 Å². The number of nitrogens with zero attached hydrogens (tertiary/aromatic N) is 1. The second-order valence-electron chi connectivity index (χ2n) is 4.26. The van der Waals surface area contributed by atoms with Crippen molar-refractivity contribution in [3.63, 3.8) is 0 Å². The molecular formula is C12H15FN2O3. The van der Waals surface area contributed by atoms with Gasteiger partial charge < -0.3 is 15.2 Å². The zero-order valence-corrected chi connectivity index (χ0v) is 9.86. The average Bonchev–Trinajstić information content (AvgIpc) is 2.38. The maximum atomic E-state index is 13.7. The Kier molecular flexibility index (Phi) is 4.09. The number of carbonyl (C=O) groups is 1. The Morgan fingerprint density at radius 2 is 2.28 bits per heavy atom. The van der Waals surface area contributed by atoms with E-state index in [0.717, 1.165) is 32.1 Å². The summed E-state index contributed by atoms with van der Waals surface area (Å²) in [6.45, 7) is 2.02. The van der Waals surface area contributed by atoms with Crippen LogP contribution in [0.3, 0.4) is 0 Å². The molecule has 6 heteroatoms. The molecule has 1 aliphatic rings. The molecule has 0 bridgehead atoms. The highest BCUT2D eigenvalue weighted by Gasteiger charge is 2.17. The predicted octanol–water partition coefficient (Wildman–Crippen LogP) is 1.76. The van der Waals surface area contributed by atoms with E-state index in [9.17, 15) is 9.18 Å². The highest BCUT2D eigenvalue weighted by molar-refractivity contribution is 5.88. The zero-order valence-electron chi connectivity index (χ0n) is 9.86. The van der Waals surface area contributed by atoms with Crippen LogP contribution < -0.4 is 5.32 Å². The molecule has 0 unspecified atom stereocenters. The molecule has 0 radical (unpaired) electrons. The molecule has 98 valence electrons. The Labute approximate surface area is 104 Å². The maximum absolute atomic E-state index is 13.7. The summed E-state index contributed by atoms with van der Waals surface area (Å²) in [7, 11) is 0. The van der Waals surface area contributed by atoms with Crippen LogP contribution >= 0.6 is 0 Å². The quantitative estimate of drug-likeness (QED) is 0.856. The molecule has 0 amide bonds. The van der Waals surface area contributed by atoms with Crippen molar-refractivity contribution in [1.82, 2.24) is 4.98 Å². The topological polar surface area (TPSA) is 71.5 Å². The lowest BCUT2D eigenvalue weighted by Crippen LogP contribution is -2.23. The van der Waals surface area contributed by atoms with Crippen molar-refractivity contribution in [2.75, 3.05) is 25.1 Å². The summed E-state index contributed by atoms with van der Waals surface area (Å²) >= 11 is 0. The Morgan fingerprint density at radius 1 is 1.56 bits per heavy atom. The fourth-order valence-corrected chi connectivity index (χ4v) is 1.92. The number of halogens is 1. The van der Waals surface area contributed by atoms with Gasteiger partial charge in [-0.05, 0) is 24.8 Å². The number of rotatable bonds is 4. The number of aromatic carboxylic acids is 1. The number of hydrogen-bond acceptors (Lipinski definition) is 4. The minimum atomic E-state index is -1.29. The van der Waals surface area contributed by atoms with E-state index in [1.54, 1.807) is 0 Å². The number of nitrogens with one attached hydrogen (secondary N) is 1. The fourth-order valence-electron chi connectivity index (χ4n) is 1.92. The predicted molar refractivity (Wildman–Crippen MR) is 63.2 cm³/mol. The Morgan fingerprint density at radius 3 is 2.94 bits per heavy atom. The number of ether oxygens (including phenoxy) is 1. The Bertz CT molecular complexity index is 433. The summed E-state index contributed by atoms with van der Waals surface area (Å²) in [5, 5.41) is 11.7. The smallest absolute Gasteiger partial charge is 0.338 e. The van der Waals surface area contributed by atoms with Crippen molar-refractivity contribution in [2.45, 2.75) is 12.8 Å². The monoisotopic (exact) mass is 254 g/mol. The summed E-state index contributed by atoms with van der Waals surface area (Å²) in [6, 6.07) is 1.15. The third-order valence-electron chi connectivity index (χ3n) is 3.02. The number of carboxylic acids is 1. The van der Waals surface area contributed by atoms with Gasteiger partial charge >= 0.3 is 5.97 Å². The van der Waals surface area contributed by atoms with Crippen LogP contribution in [0.4, 0.5) is 10.2 Å². The summed E-state index contributed by atoms with van der Waals surface area (Å²) in [4.78, 5) is 14.6. The van der Waals surface area contributed by atoms with Gasteiger partial charge in [0.1, 0.15) is 5.56 Å². The standard InChI is InChI=1S/C12H15FN2O3/c13-10-9(12(16)17)1-4-14-11(10)15-7-8-2-5-18-6-3-8/h1,4,8H,2-3,5-7H2,(H,14,15)(H,16,17). The van der Waals surface area contributed by atoms with Crippen LogP contribution in [0.5, 0.6) is 0 Å². The number of carboxylic acid groups (broad SMARTS) is 1. The highest BCUT2D eigenvalue weighted by Crippen LogP contribution is 2.18. The maximum Gasteiger partial charge on any atom is 0.338 e. The summed E-state index contributed by atoms with van der Waals surface area (Å²) < 4.78 is 19.0. The molecule has 18 heavy (non-hydrogen) atoms. The average molecular weight is 254 g/mol. The van der Waals surface area contributed by atoms with E-state index in [2.05, 4.69) is 10.3 Å². The third kappa shape index (κ3) is 2.95. The summed E-state index contributed by atoms with van der Waals surface area (Å²) in [5.74, 6) is -1.68. The largest absolute Gasteiger partial charge is 0.478 e. The van der Waals surface area contributed by atoms with Crippen molar-refractivity contribution >= 4 is 11.8 Å². The molecule has 1 aromatic heterocycles. The van der Waals surface area contributed by atoms with Crippen LogP contribution in [-0.4, -0.2) is 35.8 Å². The number of pyridine rings is 1. The van der Waals surface area contributed by atoms with Crippen molar-refractivity contribution in [3.05, 3.63) is 23.6 Å². The summed E-state index contributed by atoms with van der Waals surface area (Å²) in [6.07, 6.45) is 3.14. The minimum absolute atomic E-state index is 0.00129. The van der Waals surface area contributed by atoms with Crippen LogP contribution in [0, 0.1) is 11.7 Å². The lowest BCUT2D eigenvalue weighted by molar-refractivity contribution is 0.0692. The highest BCUT2D eigenvalue weighted by atomic mass is 19.1. The molecule has 2 N–H and O–H groups in total. The van der Waals surface area contributed by atoms with Crippen LogP contribution in [0.15, 0.2) is 12.3 Å². The van der Waals surface area contributed by atoms with Crippen LogP contribution in [0.25, 0.3) is 0 Å². The van der Waals surface area contributed by atoms with E-state index in [1.165, 1.54) is 6.20 Å². The van der Waals surface area contributed by atoms with Crippen molar-refractivity contribution < 1.29 is 19.0 Å². The van der Waals surface area contributed by atoms with Crippen molar-refractivity contribution in [2.24, 2.45) is 5.92 Å². The van der Waals surface area contributed by atoms with Gasteiger partial charge in [-0.3, -0.25) is 0 Å². The third-order valence-corrected chi connectivity index (χ3v) is 3.02. The van der Waals surface area contributed by atoms with Gasteiger partial charge in [0.25, 0.3) is 0 Å². The lowest BCUT2D eigenvalue weighted by Gasteiger charge is -2.22. The first-order valence-corrected chi connectivity index (χ1v) is 5.88. The van der Waals surface area contributed by atoms with Gasteiger partial charge in [-0.15, -0.1) is 0 Å². The first-order valence-electron chi connectivity index (χ1n) is 5.88. The van der Waals surface area contributed by atoms with E-state index >= 15 is 0 Å². The lowest BCUT2D eigenvalue weighted by atomic mass is 10.0. The zero-order chi connectivity index (χ0) is 13.0. The molecule has 0 atom stereocenters. The van der Waals surface area contributed by atoms with Gasteiger partial charge in [-0.1, -0.05) is 0 Å². The van der Waals surface area contributed by atoms with Gasteiger partial charge in [-0.25, -0.2) is 14.2 Å². The van der Waals surface area contributed by atoms with Crippen LogP contribution in [0.1, 0.15) is 23.2 Å². The SMILES string of the molecule is O=C(O)c1ccnc(NCC2CCOCC2)c1F. The molecule has 2 heterocycles. The molecule has 1 aliphatic heterocycles. The van der Waals surface area contributed by atoms with Crippen LogP contribution in [0.2, 0.25) is 0 Å². The number of anilines is 1. The fraction of sp³-hybridized carbons (Fsp3) is 0.500. The van der Waals surface area contributed by atoms with E-state index in [0.29, 0.717) is 12.5 Å². The molecule has 0 aliphatic carbocycles. The second-order valence-corrected chi connectivity index (χ2v) is 4.26. The van der Waals surface area contributed by atoms with Gasteiger partial charge in [0.05, 0.1) is 0 Å². The molecule has 1 saturated heterocycles. The molecule has 1 fully saturated rings. The molecule has 5 nitrogen and oxygen atoms in total. The van der Waals surface area contributed by atoms with Gasteiger partial charge in [0.2, 0.25) is 0 Å².